The van der Waals surface area contributed by atoms with E-state index in [1.807, 2.05) is 0 Å². The summed E-state index contributed by atoms with van der Waals surface area (Å²) >= 11 is 9.37. The largest absolute Gasteiger partial charge is 0.465 e. The van der Waals surface area contributed by atoms with Crippen molar-refractivity contribution in [3.05, 3.63) is 137 Å². The molecule has 8 nitrogen and oxygen atoms in total. The lowest BCUT2D eigenvalue weighted by atomic mass is 10.2. The topological polar surface area (TPSA) is 107 Å². The number of halogens is 5. The molecular formula is C28H23Br3F2N2O6. The van der Waals surface area contributed by atoms with Crippen molar-refractivity contribution in [1.29, 1.82) is 0 Å². The highest BCUT2D eigenvalue weighted by atomic mass is 79.9. The molecule has 2 aromatic heterocycles. The predicted octanol–water partition coefficient (Wildman–Crippen LogP) is 6.23. The summed E-state index contributed by atoms with van der Waals surface area (Å²) in [6.07, 6.45) is 2.72. The van der Waals surface area contributed by atoms with E-state index in [9.17, 15) is 28.0 Å². The van der Waals surface area contributed by atoms with Crippen LogP contribution in [0, 0.1) is 11.6 Å². The second-order valence-corrected chi connectivity index (χ2v) is 10.2. The van der Waals surface area contributed by atoms with Gasteiger partial charge in [0.05, 0.1) is 40.8 Å². The molecule has 0 aliphatic carbocycles. The van der Waals surface area contributed by atoms with E-state index in [0.29, 0.717) is 10.0 Å². The van der Waals surface area contributed by atoms with Crippen molar-refractivity contribution in [2.24, 2.45) is 0 Å². The molecule has 13 heteroatoms. The maximum Gasteiger partial charge on any atom is 0.339 e. The molecule has 2 aromatic carbocycles. The second kappa shape index (κ2) is 16.7. The molecule has 0 radical (unpaired) electrons. The van der Waals surface area contributed by atoms with Crippen LogP contribution in [-0.2, 0) is 21.3 Å². The Labute approximate surface area is 258 Å². The third-order valence-corrected chi connectivity index (χ3v) is 6.88. The predicted molar refractivity (Wildman–Crippen MR) is 160 cm³/mol. The normalized spacial score (nSPS) is 9.93. The van der Waals surface area contributed by atoms with E-state index >= 15 is 0 Å². The molecular weight excluding hydrogens is 738 g/mol. The molecule has 0 aliphatic heterocycles. The standard InChI is InChI=1S/C14H11BrFNO3.C7H6BrF.C7H6BrNO3/c1-20-14(19)10-6-12(15)13(18)17(8-10)7-9-2-4-11(16)5-3-9;8-5-6-1-3-7(9)4-2-6;1-12-7(11)4-2-5(8)6(10)9-3-4/h2-6,8H,7H2,1H3;1-4H,5H2;2-3H,1H3,(H,9,10). The fourth-order valence-electron chi connectivity index (χ4n) is 3.00. The monoisotopic (exact) mass is 758 g/mol. The van der Waals surface area contributed by atoms with Crippen LogP contribution in [0.4, 0.5) is 8.78 Å². The van der Waals surface area contributed by atoms with Gasteiger partial charge in [0, 0.05) is 17.7 Å². The number of aromatic nitrogens is 2. The van der Waals surface area contributed by atoms with Gasteiger partial charge in [-0.1, -0.05) is 40.2 Å². The highest BCUT2D eigenvalue weighted by Crippen LogP contribution is 2.11. The average Bonchev–Trinajstić information content (AvgIpc) is 2.98. The lowest BCUT2D eigenvalue weighted by Gasteiger charge is -2.09. The number of nitrogens with zero attached hydrogens (tertiary/aromatic N) is 1. The summed E-state index contributed by atoms with van der Waals surface area (Å²) in [6.45, 7) is 0.239. The van der Waals surface area contributed by atoms with Crippen LogP contribution in [0.15, 0.2) is 91.6 Å². The molecule has 4 aromatic rings. The van der Waals surface area contributed by atoms with Crippen molar-refractivity contribution in [1.82, 2.24) is 9.55 Å². The summed E-state index contributed by atoms with van der Waals surface area (Å²) in [4.78, 5) is 47.6. The number of hydrogen-bond acceptors (Lipinski definition) is 6. The molecule has 0 fully saturated rings. The van der Waals surface area contributed by atoms with E-state index in [0.717, 1.165) is 16.5 Å². The maximum atomic E-state index is 12.8. The molecule has 41 heavy (non-hydrogen) atoms. The van der Waals surface area contributed by atoms with Gasteiger partial charge in [0.25, 0.3) is 11.1 Å². The minimum atomic E-state index is -0.529. The molecule has 0 aliphatic rings. The summed E-state index contributed by atoms with van der Waals surface area (Å²) in [5.74, 6) is -1.53. The zero-order valence-corrected chi connectivity index (χ0v) is 26.4. The van der Waals surface area contributed by atoms with Crippen molar-refractivity contribution < 1.29 is 27.8 Å². The lowest BCUT2D eigenvalue weighted by Crippen LogP contribution is -2.22. The highest BCUT2D eigenvalue weighted by Gasteiger charge is 2.11. The van der Waals surface area contributed by atoms with Gasteiger partial charge in [0.2, 0.25) is 0 Å². The van der Waals surface area contributed by atoms with Crippen LogP contribution in [0.1, 0.15) is 31.8 Å². The van der Waals surface area contributed by atoms with E-state index < -0.39 is 11.9 Å². The molecule has 4 rings (SSSR count). The Morgan fingerprint density at radius 2 is 1.29 bits per heavy atom. The zero-order chi connectivity index (χ0) is 30.5. The van der Waals surface area contributed by atoms with E-state index in [-0.39, 0.29) is 39.3 Å². The smallest absolute Gasteiger partial charge is 0.339 e. The molecule has 216 valence electrons. The molecule has 1 N–H and O–H groups in total. The fraction of sp³-hybridized carbons (Fsp3) is 0.143. The van der Waals surface area contributed by atoms with Crippen LogP contribution in [0.3, 0.4) is 0 Å². The first-order chi connectivity index (χ1) is 19.5. The molecule has 0 atom stereocenters. The van der Waals surface area contributed by atoms with Gasteiger partial charge in [-0.25, -0.2) is 18.4 Å². The van der Waals surface area contributed by atoms with Gasteiger partial charge in [-0.2, -0.15) is 0 Å². The number of hydrogen-bond donors (Lipinski definition) is 1. The van der Waals surface area contributed by atoms with Crippen molar-refractivity contribution in [3.63, 3.8) is 0 Å². The number of benzene rings is 2. The number of rotatable bonds is 5. The lowest BCUT2D eigenvalue weighted by molar-refractivity contribution is 0.0591. The van der Waals surface area contributed by atoms with Crippen LogP contribution >= 0.6 is 47.8 Å². The Kier molecular flexibility index (Phi) is 13.8. The Morgan fingerprint density at radius 3 is 1.78 bits per heavy atom. The molecule has 0 saturated carbocycles. The Bertz CT molecular complexity index is 1590. The van der Waals surface area contributed by atoms with Crippen molar-refractivity contribution in [3.8, 4) is 0 Å². The van der Waals surface area contributed by atoms with Crippen LogP contribution < -0.4 is 11.1 Å². The first-order valence-electron chi connectivity index (χ1n) is 11.5. The number of aromatic amines is 1. The quantitative estimate of drug-likeness (QED) is 0.191. The number of carbonyl (C=O) groups excluding carboxylic acids is 2. The van der Waals surface area contributed by atoms with Crippen molar-refractivity contribution in [2.45, 2.75) is 11.9 Å². The molecule has 0 amide bonds. The molecule has 0 bridgehead atoms. The summed E-state index contributed by atoms with van der Waals surface area (Å²) in [7, 11) is 2.55. The molecule has 2 heterocycles. The number of ether oxygens (including phenoxy) is 2. The van der Waals surface area contributed by atoms with E-state index in [1.165, 1.54) is 67.6 Å². The van der Waals surface area contributed by atoms with Crippen LogP contribution in [0.2, 0.25) is 0 Å². The zero-order valence-electron chi connectivity index (χ0n) is 21.6. The van der Waals surface area contributed by atoms with Crippen LogP contribution in [-0.4, -0.2) is 35.7 Å². The fourth-order valence-corrected chi connectivity index (χ4v) is 4.21. The Hall–Kier alpha value is -3.42. The third-order valence-electron chi connectivity index (χ3n) is 5.08. The van der Waals surface area contributed by atoms with Gasteiger partial charge in [0.1, 0.15) is 11.6 Å². The van der Waals surface area contributed by atoms with E-state index in [4.69, 9.17) is 0 Å². The van der Waals surface area contributed by atoms with Gasteiger partial charge >= 0.3 is 11.9 Å². The first kappa shape index (κ1) is 33.8. The number of esters is 2. The van der Waals surface area contributed by atoms with Gasteiger partial charge in [-0.3, -0.25) is 9.59 Å². The summed E-state index contributed by atoms with van der Waals surface area (Å²) in [5, 5.41) is 0.785. The molecule has 0 saturated heterocycles. The van der Waals surface area contributed by atoms with Gasteiger partial charge in [-0.15, -0.1) is 0 Å². The maximum absolute atomic E-state index is 12.8. The van der Waals surface area contributed by atoms with Gasteiger partial charge in [0.15, 0.2) is 0 Å². The summed E-state index contributed by atoms with van der Waals surface area (Å²) < 4.78 is 36.1. The first-order valence-corrected chi connectivity index (χ1v) is 14.2. The second-order valence-electron chi connectivity index (χ2n) is 7.94. The molecule has 0 spiro atoms. The number of carbonyl (C=O) groups is 2. The van der Waals surface area contributed by atoms with Gasteiger partial charge in [-0.05, 0) is 79.4 Å². The van der Waals surface area contributed by atoms with Crippen LogP contribution in [0.25, 0.3) is 0 Å². The number of nitrogens with one attached hydrogen (secondary N) is 1. The minimum absolute atomic E-state index is 0.181. The Balaban J connectivity index is 0.000000237. The van der Waals surface area contributed by atoms with E-state index in [1.54, 1.807) is 24.3 Å². The number of pyridine rings is 2. The average molecular weight is 761 g/mol. The summed E-state index contributed by atoms with van der Waals surface area (Å²) in [5.41, 5.74) is 1.87. The number of H-pyrrole nitrogens is 1. The third kappa shape index (κ3) is 10.8. The SMILES string of the molecule is COC(=O)c1c[nH]c(=O)c(Br)c1.COC(=O)c1cc(Br)c(=O)n(Cc2ccc(F)cc2)c1.Fc1ccc(CBr)cc1. The van der Waals surface area contributed by atoms with Crippen molar-refractivity contribution in [2.75, 3.05) is 14.2 Å². The number of methoxy groups -OCH3 is 2. The molecule has 0 unspecified atom stereocenters. The van der Waals surface area contributed by atoms with Gasteiger partial charge < -0.3 is 19.0 Å². The number of alkyl halides is 1. The Morgan fingerprint density at radius 1 is 0.805 bits per heavy atom. The van der Waals surface area contributed by atoms with E-state index in [2.05, 4.69) is 62.2 Å². The highest BCUT2D eigenvalue weighted by molar-refractivity contribution is 9.10. The summed E-state index contributed by atoms with van der Waals surface area (Å²) in [6, 6.07) is 15.0. The van der Waals surface area contributed by atoms with Crippen LogP contribution in [0.5, 0.6) is 0 Å². The minimum Gasteiger partial charge on any atom is -0.465 e. The van der Waals surface area contributed by atoms with Crippen molar-refractivity contribution >= 4 is 59.7 Å².